The summed E-state index contributed by atoms with van der Waals surface area (Å²) in [6, 6.07) is 5.84. The van der Waals surface area contributed by atoms with Crippen LogP contribution >= 0.6 is 0 Å². The van der Waals surface area contributed by atoms with Gasteiger partial charge in [-0.25, -0.2) is 0 Å². The fourth-order valence-corrected chi connectivity index (χ4v) is 2.35. The lowest BCUT2D eigenvalue weighted by atomic mass is 9.82. The van der Waals surface area contributed by atoms with Gasteiger partial charge >= 0.3 is 0 Å². The van der Waals surface area contributed by atoms with E-state index in [1.807, 2.05) is 45.9 Å². The highest BCUT2D eigenvalue weighted by atomic mass is 16.3. The molecule has 0 spiro atoms. The summed E-state index contributed by atoms with van der Waals surface area (Å²) in [5, 5.41) is 10.2. The Bertz CT molecular complexity index is 473. The van der Waals surface area contributed by atoms with Crippen LogP contribution in [0.1, 0.15) is 35.3 Å². The molecule has 98 valence electrons. The van der Waals surface area contributed by atoms with Crippen LogP contribution in [0.4, 0.5) is 0 Å². The number of likely N-dealkylation sites (tertiary alicyclic amines) is 1. The number of aryl methyl sites for hydroxylation is 2. The molecule has 1 aliphatic heterocycles. The van der Waals surface area contributed by atoms with Crippen LogP contribution in [0.5, 0.6) is 0 Å². The van der Waals surface area contributed by atoms with Crippen LogP contribution in [-0.2, 0) is 0 Å². The van der Waals surface area contributed by atoms with E-state index in [-0.39, 0.29) is 11.8 Å². The SMILES string of the molecule is Cc1ccc(C(=O)N2CC(O)(C(C)C)C2)c(C)c1. The van der Waals surface area contributed by atoms with E-state index in [4.69, 9.17) is 0 Å². The Morgan fingerprint density at radius 2 is 1.94 bits per heavy atom. The topological polar surface area (TPSA) is 40.5 Å². The van der Waals surface area contributed by atoms with Gasteiger partial charge in [0.1, 0.15) is 5.60 Å². The van der Waals surface area contributed by atoms with E-state index < -0.39 is 5.60 Å². The third-order valence-corrected chi connectivity index (χ3v) is 3.90. The minimum Gasteiger partial charge on any atom is -0.386 e. The number of benzene rings is 1. The van der Waals surface area contributed by atoms with Gasteiger partial charge in [-0.3, -0.25) is 4.79 Å². The van der Waals surface area contributed by atoms with E-state index in [1.54, 1.807) is 4.90 Å². The second-order valence-electron chi connectivity index (χ2n) is 5.74. The third kappa shape index (κ3) is 2.15. The number of carbonyl (C=O) groups is 1. The van der Waals surface area contributed by atoms with Crippen molar-refractivity contribution in [2.75, 3.05) is 13.1 Å². The van der Waals surface area contributed by atoms with Crippen molar-refractivity contribution in [3.63, 3.8) is 0 Å². The molecule has 3 nitrogen and oxygen atoms in total. The summed E-state index contributed by atoms with van der Waals surface area (Å²) in [6.45, 7) is 8.82. The van der Waals surface area contributed by atoms with E-state index in [0.29, 0.717) is 13.1 Å². The van der Waals surface area contributed by atoms with Crippen molar-refractivity contribution in [2.45, 2.75) is 33.3 Å². The Hall–Kier alpha value is -1.35. The number of β-amino-alcohol motifs (C(OH)–C–C–N with tert-alkyl or cyclic N) is 1. The van der Waals surface area contributed by atoms with E-state index >= 15 is 0 Å². The summed E-state index contributed by atoms with van der Waals surface area (Å²) in [4.78, 5) is 14.0. The van der Waals surface area contributed by atoms with Gasteiger partial charge in [0.25, 0.3) is 5.91 Å². The molecule has 0 saturated carbocycles. The van der Waals surface area contributed by atoms with Crippen LogP contribution in [0.3, 0.4) is 0 Å². The zero-order chi connectivity index (χ0) is 13.5. The summed E-state index contributed by atoms with van der Waals surface area (Å²) in [7, 11) is 0. The predicted molar refractivity (Wildman–Crippen MR) is 71.6 cm³/mol. The molecule has 3 heteroatoms. The van der Waals surface area contributed by atoms with Gasteiger partial charge in [0, 0.05) is 5.56 Å². The number of hydrogen-bond acceptors (Lipinski definition) is 2. The number of amides is 1. The van der Waals surface area contributed by atoms with Crippen LogP contribution in [0.15, 0.2) is 18.2 Å². The Balaban J connectivity index is 2.11. The van der Waals surface area contributed by atoms with Crippen LogP contribution in [-0.4, -0.2) is 34.6 Å². The first-order chi connectivity index (χ1) is 8.33. The van der Waals surface area contributed by atoms with Crippen molar-refractivity contribution in [1.82, 2.24) is 4.90 Å². The molecule has 1 aromatic carbocycles. The largest absolute Gasteiger partial charge is 0.386 e. The molecule has 1 amide bonds. The van der Waals surface area contributed by atoms with Gasteiger partial charge in [-0.15, -0.1) is 0 Å². The molecule has 1 saturated heterocycles. The van der Waals surface area contributed by atoms with Gasteiger partial charge in [-0.1, -0.05) is 31.5 Å². The second-order valence-corrected chi connectivity index (χ2v) is 5.74. The van der Waals surface area contributed by atoms with Crippen LogP contribution in [0, 0.1) is 19.8 Å². The lowest BCUT2D eigenvalue weighted by Crippen LogP contribution is -2.66. The summed E-state index contributed by atoms with van der Waals surface area (Å²) < 4.78 is 0. The van der Waals surface area contributed by atoms with Gasteiger partial charge in [-0.05, 0) is 31.4 Å². The van der Waals surface area contributed by atoms with Crippen LogP contribution in [0.2, 0.25) is 0 Å². The molecule has 1 aromatic rings. The molecule has 1 aliphatic rings. The first-order valence-electron chi connectivity index (χ1n) is 6.42. The fourth-order valence-electron chi connectivity index (χ4n) is 2.35. The second kappa shape index (κ2) is 4.39. The fraction of sp³-hybridized carbons (Fsp3) is 0.533. The lowest BCUT2D eigenvalue weighted by molar-refractivity contribution is -0.110. The molecule has 2 rings (SSSR count). The quantitative estimate of drug-likeness (QED) is 0.870. The van der Waals surface area contributed by atoms with E-state index in [1.165, 1.54) is 0 Å². The number of hydrogen-bond donors (Lipinski definition) is 1. The average Bonchev–Trinajstić information content (AvgIpc) is 2.23. The highest BCUT2D eigenvalue weighted by molar-refractivity contribution is 5.96. The Morgan fingerprint density at radius 1 is 1.33 bits per heavy atom. The molecular formula is C15H21NO2. The first kappa shape index (κ1) is 13.1. The van der Waals surface area contributed by atoms with Crippen LogP contribution in [0.25, 0.3) is 0 Å². The zero-order valence-electron chi connectivity index (χ0n) is 11.5. The zero-order valence-corrected chi connectivity index (χ0v) is 11.5. The first-order valence-corrected chi connectivity index (χ1v) is 6.42. The molecule has 1 N–H and O–H groups in total. The number of carbonyl (C=O) groups excluding carboxylic acids is 1. The summed E-state index contributed by atoms with van der Waals surface area (Å²) >= 11 is 0. The molecule has 0 atom stereocenters. The Labute approximate surface area is 108 Å². The highest BCUT2D eigenvalue weighted by Crippen LogP contribution is 2.30. The molecular weight excluding hydrogens is 226 g/mol. The molecule has 18 heavy (non-hydrogen) atoms. The molecule has 0 unspecified atom stereocenters. The van der Waals surface area contributed by atoms with E-state index in [9.17, 15) is 9.90 Å². The monoisotopic (exact) mass is 247 g/mol. The molecule has 1 heterocycles. The molecule has 0 aromatic heterocycles. The Morgan fingerprint density at radius 3 is 2.44 bits per heavy atom. The minimum atomic E-state index is -0.700. The van der Waals surface area contributed by atoms with Crippen molar-refractivity contribution in [3.05, 3.63) is 34.9 Å². The summed E-state index contributed by atoms with van der Waals surface area (Å²) in [5.74, 6) is 0.207. The molecule has 0 bridgehead atoms. The molecule has 0 aliphatic carbocycles. The van der Waals surface area contributed by atoms with Crippen molar-refractivity contribution >= 4 is 5.91 Å². The van der Waals surface area contributed by atoms with Gasteiger partial charge in [0.2, 0.25) is 0 Å². The predicted octanol–water partition coefficient (Wildman–Crippen LogP) is 2.15. The van der Waals surface area contributed by atoms with Crippen LogP contribution < -0.4 is 0 Å². The maximum atomic E-state index is 12.3. The summed E-state index contributed by atoms with van der Waals surface area (Å²) in [6.07, 6.45) is 0. The van der Waals surface area contributed by atoms with Gasteiger partial charge in [0.05, 0.1) is 13.1 Å². The van der Waals surface area contributed by atoms with Crippen molar-refractivity contribution in [1.29, 1.82) is 0 Å². The van der Waals surface area contributed by atoms with Crippen molar-refractivity contribution in [2.24, 2.45) is 5.92 Å². The standard InChI is InChI=1S/C15H21NO2/c1-10(2)15(18)8-16(9-15)14(17)13-6-5-11(3)7-12(13)4/h5-7,10,18H,8-9H2,1-4H3. The van der Waals surface area contributed by atoms with Crippen molar-refractivity contribution < 1.29 is 9.90 Å². The van der Waals surface area contributed by atoms with E-state index in [2.05, 4.69) is 0 Å². The maximum Gasteiger partial charge on any atom is 0.254 e. The van der Waals surface area contributed by atoms with Gasteiger partial charge < -0.3 is 10.0 Å². The number of rotatable bonds is 2. The molecule has 0 radical (unpaired) electrons. The van der Waals surface area contributed by atoms with E-state index in [0.717, 1.165) is 16.7 Å². The maximum absolute atomic E-state index is 12.3. The number of nitrogens with zero attached hydrogens (tertiary/aromatic N) is 1. The van der Waals surface area contributed by atoms with Crippen molar-refractivity contribution in [3.8, 4) is 0 Å². The third-order valence-electron chi connectivity index (χ3n) is 3.90. The molecule has 1 fully saturated rings. The summed E-state index contributed by atoms with van der Waals surface area (Å²) in [5.41, 5.74) is 2.20. The van der Waals surface area contributed by atoms with Gasteiger partial charge in [0.15, 0.2) is 0 Å². The minimum absolute atomic E-state index is 0.0258. The lowest BCUT2D eigenvalue weighted by Gasteiger charge is -2.49. The average molecular weight is 247 g/mol. The smallest absolute Gasteiger partial charge is 0.254 e. The number of aliphatic hydroxyl groups is 1. The van der Waals surface area contributed by atoms with Gasteiger partial charge in [-0.2, -0.15) is 0 Å². The highest BCUT2D eigenvalue weighted by Gasteiger charge is 2.46. The Kier molecular flexibility index (Phi) is 3.20. The normalized spacial score (nSPS) is 17.8.